The van der Waals surface area contributed by atoms with Crippen LogP contribution in [-0.4, -0.2) is 40.2 Å². The summed E-state index contributed by atoms with van der Waals surface area (Å²) in [4.78, 5) is 14.7. The van der Waals surface area contributed by atoms with E-state index < -0.39 is 10.0 Å². The molecule has 0 aliphatic heterocycles. The quantitative estimate of drug-likeness (QED) is 0.645. The summed E-state index contributed by atoms with van der Waals surface area (Å²) in [5.41, 5.74) is 3.55. The molecule has 0 aliphatic carbocycles. The van der Waals surface area contributed by atoms with Crippen LogP contribution in [0.1, 0.15) is 31.9 Å². The number of anilines is 2. The number of nitrogens with zero attached hydrogens (tertiary/aromatic N) is 2. The Kier molecular flexibility index (Phi) is 8.08. The van der Waals surface area contributed by atoms with Crippen LogP contribution in [0, 0.1) is 0 Å². The smallest absolute Gasteiger partial charge is 0.241 e. The van der Waals surface area contributed by atoms with Crippen LogP contribution in [0.4, 0.5) is 11.4 Å². The van der Waals surface area contributed by atoms with Gasteiger partial charge < -0.3 is 10.2 Å². The van der Waals surface area contributed by atoms with Gasteiger partial charge in [-0.25, -0.2) is 8.42 Å². The van der Waals surface area contributed by atoms with Crippen LogP contribution in [0.15, 0.2) is 48.5 Å². The van der Waals surface area contributed by atoms with Crippen molar-refractivity contribution in [3.63, 3.8) is 0 Å². The van der Waals surface area contributed by atoms with E-state index in [-0.39, 0.29) is 12.5 Å². The van der Waals surface area contributed by atoms with Crippen molar-refractivity contribution < 1.29 is 13.2 Å². The number of benzene rings is 2. The molecule has 2 aromatic carbocycles. The molecule has 0 aliphatic rings. The second-order valence-electron chi connectivity index (χ2n) is 6.87. The minimum absolute atomic E-state index is 0.243. The van der Waals surface area contributed by atoms with E-state index in [1.165, 1.54) is 4.31 Å². The van der Waals surface area contributed by atoms with Crippen LogP contribution < -0.4 is 14.5 Å². The van der Waals surface area contributed by atoms with Crippen LogP contribution in [0.3, 0.4) is 0 Å². The Labute approximate surface area is 174 Å². The predicted octanol–water partition coefficient (Wildman–Crippen LogP) is 3.18. The van der Waals surface area contributed by atoms with E-state index in [4.69, 9.17) is 0 Å². The molecule has 0 heterocycles. The second kappa shape index (κ2) is 10.3. The standard InChI is InChI=1S/C22H31N3O3S/c1-5-19-10-8-9-11-21(19)25(29(4,27)28)17-22(26)23-16-18-12-14-20(15-13-18)24(6-2)7-3/h8-15H,5-7,16-17H2,1-4H3,(H,23,26). The highest BCUT2D eigenvalue weighted by Gasteiger charge is 2.22. The van der Waals surface area contributed by atoms with Crippen LogP contribution >= 0.6 is 0 Å². The van der Waals surface area contributed by atoms with E-state index in [0.29, 0.717) is 18.7 Å². The molecule has 1 N–H and O–H groups in total. The first-order valence-electron chi connectivity index (χ1n) is 9.96. The molecule has 0 unspecified atom stereocenters. The molecule has 0 fully saturated rings. The van der Waals surface area contributed by atoms with Crippen LogP contribution in [0.2, 0.25) is 0 Å². The fraction of sp³-hybridized carbons (Fsp3) is 0.409. The normalized spacial score (nSPS) is 11.2. The molecule has 6 nitrogen and oxygen atoms in total. The third-order valence-electron chi connectivity index (χ3n) is 4.88. The van der Waals surface area contributed by atoms with Gasteiger partial charge in [-0.2, -0.15) is 0 Å². The topological polar surface area (TPSA) is 69.7 Å². The number of rotatable bonds is 10. The maximum absolute atomic E-state index is 12.5. The molecule has 0 spiro atoms. The number of hydrogen-bond acceptors (Lipinski definition) is 4. The van der Waals surface area contributed by atoms with Crippen molar-refractivity contribution in [2.75, 3.05) is 35.1 Å². The summed E-state index contributed by atoms with van der Waals surface area (Å²) in [7, 11) is -3.58. The number of sulfonamides is 1. The monoisotopic (exact) mass is 417 g/mol. The van der Waals surface area contributed by atoms with Crippen molar-refractivity contribution in [2.24, 2.45) is 0 Å². The number of carbonyl (C=O) groups is 1. The molecule has 0 bridgehead atoms. The lowest BCUT2D eigenvalue weighted by Crippen LogP contribution is -2.40. The summed E-state index contributed by atoms with van der Waals surface area (Å²) in [6.07, 6.45) is 1.81. The molecular formula is C22H31N3O3S. The van der Waals surface area contributed by atoms with Gasteiger partial charge in [0.05, 0.1) is 11.9 Å². The zero-order valence-corrected chi connectivity index (χ0v) is 18.5. The van der Waals surface area contributed by atoms with Gasteiger partial charge in [-0.05, 0) is 49.6 Å². The van der Waals surface area contributed by atoms with Crippen molar-refractivity contribution in [3.8, 4) is 0 Å². The highest BCUT2D eigenvalue weighted by atomic mass is 32.2. The Morgan fingerprint density at radius 3 is 2.14 bits per heavy atom. The maximum atomic E-state index is 12.5. The van der Waals surface area contributed by atoms with Gasteiger partial charge in [0.15, 0.2) is 0 Å². The summed E-state index contributed by atoms with van der Waals surface area (Å²) < 4.78 is 25.8. The number of para-hydroxylation sites is 1. The minimum atomic E-state index is -3.58. The van der Waals surface area contributed by atoms with Crippen LogP contribution in [-0.2, 0) is 27.8 Å². The van der Waals surface area contributed by atoms with E-state index in [1.54, 1.807) is 12.1 Å². The average Bonchev–Trinajstić information content (AvgIpc) is 2.71. The highest BCUT2D eigenvalue weighted by Crippen LogP contribution is 2.23. The lowest BCUT2D eigenvalue weighted by molar-refractivity contribution is -0.119. The summed E-state index contributed by atoms with van der Waals surface area (Å²) in [6.45, 7) is 8.17. The van der Waals surface area contributed by atoms with E-state index in [9.17, 15) is 13.2 Å². The number of aryl methyl sites for hydroxylation is 1. The number of carbonyl (C=O) groups excluding carboxylic acids is 1. The molecule has 2 rings (SSSR count). The molecule has 158 valence electrons. The van der Waals surface area contributed by atoms with Crippen molar-refractivity contribution in [3.05, 3.63) is 59.7 Å². The summed E-state index contributed by atoms with van der Waals surface area (Å²) in [6, 6.07) is 15.3. The van der Waals surface area contributed by atoms with Gasteiger partial charge >= 0.3 is 0 Å². The Balaban J connectivity index is 2.06. The van der Waals surface area contributed by atoms with E-state index >= 15 is 0 Å². The van der Waals surface area contributed by atoms with Gasteiger partial charge in [-0.1, -0.05) is 37.3 Å². The van der Waals surface area contributed by atoms with E-state index in [2.05, 4.69) is 24.1 Å². The SMILES string of the molecule is CCc1ccccc1N(CC(=O)NCc1ccc(N(CC)CC)cc1)S(C)(=O)=O. The number of amides is 1. The molecule has 1 amide bonds. The van der Waals surface area contributed by atoms with E-state index in [0.717, 1.165) is 36.2 Å². The molecule has 29 heavy (non-hydrogen) atoms. The van der Waals surface area contributed by atoms with Gasteiger partial charge in [-0.15, -0.1) is 0 Å². The zero-order valence-electron chi connectivity index (χ0n) is 17.7. The first-order valence-corrected chi connectivity index (χ1v) is 11.8. The van der Waals surface area contributed by atoms with Gasteiger partial charge in [0.25, 0.3) is 0 Å². The molecule has 0 saturated carbocycles. The number of hydrogen-bond donors (Lipinski definition) is 1. The fourth-order valence-electron chi connectivity index (χ4n) is 3.23. The van der Waals surface area contributed by atoms with Gasteiger partial charge in [-0.3, -0.25) is 9.10 Å². The fourth-order valence-corrected chi connectivity index (χ4v) is 4.12. The van der Waals surface area contributed by atoms with Crippen LogP contribution in [0.25, 0.3) is 0 Å². The third kappa shape index (κ3) is 6.22. The van der Waals surface area contributed by atoms with Crippen molar-refractivity contribution in [1.29, 1.82) is 0 Å². The molecule has 0 saturated heterocycles. The van der Waals surface area contributed by atoms with Crippen molar-refractivity contribution >= 4 is 27.3 Å². The summed E-state index contributed by atoms with van der Waals surface area (Å²) in [5, 5.41) is 2.83. The lowest BCUT2D eigenvalue weighted by atomic mass is 10.1. The Bertz CT molecular complexity index is 907. The Morgan fingerprint density at radius 1 is 0.966 bits per heavy atom. The molecule has 2 aromatic rings. The largest absolute Gasteiger partial charge is 0.372 e. The lowest BCUT2D eigenvalue weighted by Gasteiger charge is -2.24. The van der Waals surface area contributed by atoms with Gasteiger partial charge in [0, 0.05) is 25.3 Å². The number of nitrogens with one attached hydrogen (secondary N) is 1. The highest BCUT2D eigenvalue weighted by molar-refractivity contribution is 7.92. The maximum Gasteiger partial charge on any atom is 0.241 e. The van der Waals surface area contributed by atoms with Crippen LogP contribution in [0.5, 0.6) is 0 Å². The van der Waals surface area contributed by atoms with Crippen molar-refractivity contribution in [1.82, 2.24) is 5.32 Å². The molecular weight excluding hydrogens is 386 g/mol. The first-order chi connectivity index (χ1) is 13.8. The minimum Gasteiger partial charge on any atom is -0.372 e. The van der Waals surface area contributed by atoms with Gasteiger partial charge in [0.2, 0.25) is 15.9 Å². The average molecular weight is 418 g/mol. The Morgan fingerprint density at radius 2 is 1.59 bits per heavy atom. The van der Waals surface area contributed by atoms with Gasteiger partial charge in [0.1, 0.15) is 6.54 Å². The van der Waals surface area contributed by atoms with E-state index in [1.807, 2.05) is 43.3 Å². The second-order valence-corrected chi connectivity index (χ2v) is 8.77. The first kappa shape index (κ1) is 22.7. The molecule has 7 heteroatoms. The third-order valence-corrected chi connectivity index (χ3v) is 6.01. The molecule has 0 atom stereocenters. The summed E-state index contributed by atoms with van der Waals surface area (Å²) in [5.74, 6) is -0.339. The predicted molar refractivity (Wildman–Crippen MR) is 120 cm³/mol. The zero-order chi connectivity index (χ0) is 21.4. The Hall–Kier alpha value is -2.54. The molecule has 0 radical (unpaired) electrons. The van der Waals surface area contributed by atoms with Crippen molar-refractivity contribution in [2.45, 2.75) is 33.7 Å². The molecule has 0 aromatic heterocycles. The summed E-state index contributed by atoms with van der Waals surface area (Å²) >= 11 is 0.